The lowest BCUT2D eigenvalue weighted by Crippen LogP contribution is -2.16. The van der Waals surface area contributed by atoms with Gasteiger partial charge in [0.1, 0.15) is 17.9 Å². The molecule has 4 aromatic rings. The van der Waals surface area contributed by atoms with Gasteiger partial charge in [0.2, 0.25) is 0 Å². The van der Waals surface area contributed by atoms with Crippen LogP contribution in [0.25, 0.3) is 11.0 Å². The fraction of sp³-hybridized carbons (Fsp3) is 0.0435. The zero-order chi connectivity index (χ0) is 20.9. The minimum atomic E-state index is -0.407. The fourth-order valence-corrected chi connectivity index (χ4v) is 3.55. The number of rotatable bonds is 6. The molecule has 0 aliphatic rings. The number of amides is 1. The Morgan fingerprint density at radius 1 is 1.03 bits per heavy atom. The SMILES string of the molecule is O=C(N/N=C/c1ccc(OCc2ccc(Br)cc2)c(Br)c1)c1cc2ccccc2o1. The number of carbonyl (C=O) groups excluding carboxylic acids is 1. The number of hydrogen-bond donors (Lipinski definition) is 1. The number of ether oxygens (including phenoxy) is 1. The third-order valence-corrected chi connectivity index (χ3v) is 5.44. The van der Waals surface area contributed by atoms with Gasteiger partial charge in [0.25, 0.3) is 0 Å². The van der Waals surface area contributed by atoms with E-state index in [0.717, 1.165) is 31.2 Å². The summed E-state index contributed by atoms with van der Waals surface area (Å²) in [5.41, 5.74) is 5.02. The third-order valence-electron chi connectivity index (χ3n) is 4.29. The van der Waals surface area contributed by atoms with E-state index in [9.17, 15) is 4.79 Å². The first kappa shape index (κ1) is 20.4. The number of para-hydroxylation sites is 1. The molecule has 1 heterocycles. The van der Waals surface area contributed by atoms with Crippen molar-refractivity contribution in [2.75, 3.05) is 0 Å². The second-order valence-electron chi connectivity index (χ2n) is 6.45. The number of carbonyl (C=O) groups is 1. The Morgan fingerprint density at radius 3 is 2.60 bits per heavy atom. The van der Waals surface area contributed by atoms with Gasteiger partial charge in [-0.3, -0.25) is 4.79 Å². The Labute approximate surface area is 190 Å². The number of hydrazone groups is 1. The van der Waals surface area contributed by atoms with Gasteiger partial charge < -0.3 is 9.15 Å². The predicted octanol–water partition coefficient (Wildman–Crippen LogP) is 6.30. The van der Waals surface area contributed by atoms with Crippen LogP contribution in [0.15, 0.2) is 91.3 Å². The van der Waals surface area contributed by atoms with Crippen molar-refractivity contribution in [1.82, 2.24) is 5.43 Å². The number of fused-ring (bicyclic) bond motifs is 1. The molecular weight excluding hydrogens is 512 g/mol. The van der Waals surface area contributed by atoms with E-state index in [2.05, 4.69) is 42.4 Å². The molecule has 1 amide bonds. The number of nitrogens with zero attached hydrogens (tertiary/aromatic N) is 1. The molecule has 3 aromatic carbocycles. The average molecular weight is 528 g/mol. The molecule has 7 heteroatoms. The van der Waals surface area contributed by atoms with Gasteiger partial charge in [-0.25, -0.2) is 5.43 Å². The van der Waals surface area contributed by atoms with Crippen LogP contribution in [0, 0.1) is 0 Å². The van der Waals surface area contributed by atoms with Gasteiger partial charge in [0.05, 0.1) is 10.7 Å². The summed E-state index contributed by atoms with van der Waals surface area (Å²) in [6.07, 6.45) is 1.56. The zero-order valence-corrected chi connectivity index (χ0v) is 18.8. The van der Waals surface area contributed by atoms with Gasteiger partial charge in [-0.2, -0.15) is 5.10 Å². The topological polar surface area (TPSA) is 63.8 Å². The molecule has 0 aliphatic heterocycles. The summed E-state index contributed by atoms with van der Waals surface area (Å²) in [4.78, 5) is 12.2. The minimum Gasteiger partial charge on any atom is -0.488 e. The van der Waals surface area contributed by atoms with Crippen molar-refractivity contribution in [2.45, 2.75) is 6.61 Å². The Bertz CT molecular complexity index is 1180. The van der Waals surface area contributed by atoms with E-state index >= 15 is 0 Å². The van der Waals surface area contributed by atoms with Crippen LogP contribution in [0.1, 0.15) is 21.7 Å². The molecule has 0 fully saturated rings. The van der Waals surface area contributed by atoms with Gasteiger partial charge in [0, 0.05) is 9.86 Å². The summed E-state index contributed by atoms with van der Waals surface area (Å²) >= 11 is 6.93. The molecule has 30 heavy (non-hydrogen) atoms. The maximum Gasteiger partial charge on any atom is 0.307 e. The predicted molar refractivity (Wildman–Crippen MR) is 124 cm³/mol. The number of furan rings is 1. The van der Waals surface area contributed by atoms with E-state index in [0.29, 0.717) is 12.2 Å². The second-order valence-corrected chi connectivity index (χ2v) is 8.22. The monoisotopic (exact) mass is 526 g/mol. The zero-order valence-electron chi connectivity index (χ0n) is 15.6. The van der Waals surface area contributed by atoms with E-state index in [-0.39, 0.29) is 5.76 Å². The molecule has 1 N–H and O–H groups in total. The van der Waals surface area contributed by atoms with Gasteiger partial charge in [0.15, 0.2) is 5.76 Å². The van der Waals surface area contributed by atoms with E-state index in [4.69, 9.17) is 9.15 Å². The molecule has 150 valence electrons. The van der Waals surface area contributed by atoms with Crippen molar-refractivity contribution in [3.63, 3.8) is 0 Å². The van der Waals surface area contributed by atoms with Crippen LogP contribution in [0.3, 0.4) is 0 Å². The molecule has 5 nitrogen and oxygen atoms in total. The summed E-state index contributed by atoms with van der Waals surface area (Å²) in [7, 11) is 0. The van der Waals surface area contributed by atoms with Crippen LogP contribution in [-0.4, -0.2) is 12.1 Å². The molecule has 0 saturated heterocycles. The van der Waals surface area contributed by atoms with Crippen molar-refractivity contribution in [1.29, 1.82) is 0 Å². The summed E-state index contributed by atoms with van der Waals surface area (Å²) in [6, 6.07) is 22.7. The fourth-order valence-electron chi connectivity index (χ4n) is 2.77. The van der Waals surface area contributed by atoms with E-state index in [1.807, 2.05) is 66.7 Å². The van der Waals surface area contributed by atoms with E-state index < -0.39 is 5.91 Å². The van der Waals surface area contributed by atoms with Gasteiger partial charge in [-0.05, 0) is 69.5 Å². The van der Waals surface area contributed by atoms with E-state index in [1.54, 1.807) is 12.3 Å². The van der Waals surface area contributed by atoms with Crippen LogP contribution in [-0.2, 0) is 6.61 Å². The Kier molecular flexibility index (Phi) is 6.30. The highest BCUT2D eigenvalue weighted by Crippen LogP contribution is 2.26. The molecule has 0 atom stereocenters. The Morgan fingerprint density at radius 2 is 1.83 bits per heavy atom. The minimum absolute atomic E-state index is 0.214. The molecule has 0 bridgehead atoms. The first-order valence-corrected chi connectivity index (χ1v) is 10.7. The second kappa shape index (κ2) is 9.28. The average Bonchev–Trinajstić information content (AvgIpc) is 3.19. The van der Waals surface area contributed by atoms with Crippen molar-refractivity contribution < 1.29 is 13.9 Å². The lowest BCUT2D eigenvalue weighted by atomic mass is 10.2. The maximum atomic E-state index is 12.2. The molecule has 0 saturated carbocycles. The number of halogens is 2. The van der Waals surface area contributed by atoms with Gasteiger partial charge >= 0.3 is 5.91 Å². The molecule has 1 aromatic heterocycles. The lowest BCUT2D eigenvalue weighted by Gasteiger charge is -2.09. The smallest absolute Gasteiger partial charge is 0.307 e. The lowest BCUT2D eigenvalue weighted by molar-refractivity contribution is 0.0929. The quantitative estimate of drug-likeness (QED) is 0.236. The van der Waals surface area contributed by atoms with Crippen LogP contribution in [0.2, 0.25) is 0 Å². The first-order valence-electron chi connectivity index (χ1n) is 9.07. The molecule has 0 aliphatic carbocycles. The van der Waals surface area contributed by atoms with Crippen LogP contribution in [0.4, 0.5) is 0 Å². The standard InChI is InChI=1S/C23H16Br2N2O3/c24-18-8-5-15(6-9-18)14-29-21-10-7-16(11-19(21)25)13-26-27-23(28)22-12-17-3-1-2-4-20(17)30-22/h1-13H,14H2,(H,27,28)/b26-13+. The van der Waals surface area contributed by atoms with Crippen LogP contribution < -0.4 is 10.2 Å². The first-order chi connectivity index (χ1) is 14.6. The molecule has 4 rings (SSSR count). The largest absolute Gasteiger partial charge is 0.488 e. The number of nitrogens with one attached hydrogen (secondary N) is 1. The molecule has 0 spiro atoms. The number of hydrogen-bond acceptors (Lipinski definition) is 4. The van der Waals surface area contributed by atoms with Crippen molar-refractivity contribution in [2.24, 2.45) is 5.10 Å². The molecule has 0 radical (unpaired) electrons. The molecular formula is C23H16Br2N2O3. The maximum absolute atomic E-state index is 12.2. The summed E-state index contributed by atoms with van der Waals surface area (Å²) in [5.74, 6) is 0.531. The van der Waals surface area contributed by atoms with Crippen molar-refractivity contribution >= 4 is 55.0 Å². The highest BCUT2D eigenvalue weighted by molar-refractivity contribution is 9.10. The van der Waals surface area contributed by atoms with Crippen molar-refractivity contribution in [3.05, 3.63) is 98.6 Å². The normalized spacial score (nSPS) is 11.1. The van der Waals surface area contributed by atoms with Gasteiger partial charge in [-0.1, -0.05) is 46.3 Å². The van der Waals surface area contributed by atoms with Gasteiger partial charge in [-0.15, -0.1) is 0 Å². The Hall–Kier alpha value is -2.90. The molecule has 0 unspecified atom stereocenters. The third kappa shape index (κ3) is 4.98. The highest BCUT2D eigenvalue weighted by Gasteiger charge is 2.11. The van der Waals surface area contributed by atoms with E-state index in [1.165, 1.54) is 0 Å². The number of benzene rings is 3. The summed E-state index contributed by atoms with van der Waals surface area (Å²) in [6.45, 7) is 0.465. The van der Waals surface area contributed by atoms with Crippen molar-refractivity contribution in [3.8, 4) is 5.75 Å². The van der Waals surface area contributed by atoms with Crippen LogP contribution in [0.5, 0.6) is 5.75 Å². The summed E-state index contributed by atoms with van der Waals surface area (Å²) < 4.78 is 13.2. The van der Waals surface area contributed by atoms with Crippen LogP contribution >= 0.6 is 31.9 Å². The highest BCUT2D eigenvalue weighted by atomic mass is 79.9. The Balaban J connectivity index is 1.36. The summed E-state index contributed by atoms with van der Waals surface area (Å²) in [5, 5.41) is 4.88.